The molecule has 2 aromatic heterocycles. The van der Waals surface area contributed by atoms with E-state index in [0.717, 1.165) is 11.3 Å². The Balaban J connectivity index is 2.26. The zero-order valence-corrected chi connectivity index (χ0v) is 10.8. The van der Waals surface area contributed by atoms with Gasteiger partial charge in [-0.3, -0.25) is 4.72 Å². The highest BCUT2D eigenvalue weighted by molar-refractivity contribution is 7.94. The SMILES string of the molecule is Nc1ccc(NS(=O)(=O)c2ccc(Cl)s2)cn1. The second kappa shape index (κ2) is 4.52. The third-order valence-corrected chi connectivity index (χ3v) is 4.96. The zero-order chi connectivity index (χ0) is 12.5. The fraction of sp³-hybridized carbons (Fsp3) is 0. The number of nitrogen functional groups attached to an aromatic ring is 1. The lowest BCUT2D eigenvalue weighted by Gasteiger charge is -2.05. The van der Waals surface area contributed by atoms with Gasteiger partial charge in [-0.1, -0.05) is 11.6 Å². The van der Waals surface area contributed by atoms with Crippen LogP contribution in [0.3, 0.4) is 0 Å². The molecule has 0 saturated heterocycles. The van der Waals surface area contributed by atoms with Crippen molar-refractivity contribution < 1.29 is 8.42 Å². The first-order chi connectivity index (χ1) is 7.97. The molecule has 0 atom stereocenters. The lowest BCUT2D eigenvalue weighted by Crippen LogP contribution is -2.11. The van der Waals surface area contributed by atoms with E-state index >= 15 is 0 Å². The standard InChI is InChI=1S/C9H8ClN3O2S2/c10-7-2-4-9(16-7)17(14,15)13-6-1-3-8(11)12-5-6/h1-5,13H,(H2,11,12). The van der Waals surface area contributed by atoms with Gasteiger partial charge in [0, 0.05) is 0 Å². The molecule has 2 rings (SSSR count). The Morgan fingerprint density at radius 1 is 1.29 bits per heavy atom. The van der Waals surface area contributed by atoms with Gasteiger partial charge >= 0.3 is 0 Å². The number of sulfonamides is 1. The molecule has 0 aliphatic rings. The summed E-state index contributed by atoms with van der Waals surface area (Å²) in [6.45, 7) is 0. The molecular weight excluding hydrogens is 282 g/mol. The minimum atomic E-state index is -3.60. The first-order valence-corrected chi connectivity index (χ1v) is 7.15. The van der Waals surface area contributed by atoms with Gasteiger partial charge in [0.15, 0.2) is 0 Å². The topological polar surface area (TPSA) is 85.1 Å². The lowest BCUT2D eigenvalue weighted by atomic mass is 10.4. The fourth-order valence-electron chi connectivity index (χ4n) is 1.11. The summed E-state index contributed by atoms with van der Waals surface area (Å²) in [6, 6.07) is 6.02. The van der Waals surface area contributed by atoms with Crippen LogP contribution >= 0.6 is 22.9 Å². The van der Waals surface area contributed by atoms with Gasteiger partial charge in [0.2, 0.25) is 0 Å². The average molecular weight is 290 g/mol. The maximum absolute atomic E-state index is 11.9. The number of nitrogens with two attached hydrogens (primary N) is 1. The Kier molecular flexibility index (Phi) is 3.23. The number of aromatic nitrogens is 1. The number of nitrogens with one attached hydrogen (secondary N) is 1. The number of thiophene rings is 1. The smallest absolute Gasteiger partial charge is 0.271 e. The Labute approximate surface area is 107 Å². The predicted octanol–water partition coefficient (Wildman–Crippen LogP) is 2.18. The van der Waals surface area contributed by atoms with Gasteiger partial charge in [0.1, 0.15) is 10.0 Å². The van der Waals surface area contributed by atoms with Gasteiger partial charge < -0.3 is 5.73 Å². The quantitative estimate of drug-likeness (QED) is 0.907. The van der Waals surface area contributed by atoms with Crippen molar-refractivity contribution in [3.05, 3.63) is 34.8 Å². The van der Waals surface area contributed by atoms with Gasteiger partial charge in [0.25, 0.3) is 10.0 Å². The highest BCUT2D eigenvalue weighted by Crippen LogP contribution is 2.27. The number of pyridine rings is 1. The van der Waals surface area contributed by atoms with E-state index in [-0.39, 0.29) is 4.21 Å². The van der Waals surface area contributed by atoms with Gasteiger partial charge in [-0.15, -0.1) is 11.3 Å². The monoisotopic (exact) mass is 289 g/mol. The minimum absolute atomic E-state index is 0.152. The van der Waals surface area contributed by atoms with Crippen LogP contribution in [-0.2, 0) is 10.0 Å². The summed E-state index contributed by atoms with van der Waals surface area (Å²) in [5.41, 5.74) is 5.75. The van der Waals surface area contributed by atoms with Crippen LogP contribution in [0.15, 0.2) is 34.7 Å². The first kappa shape index (κ1) is 12.2. The summed E-state index contributed by atoms with van der Waals surface area (Å²) >= 11 is 6.67. The molecule has 0 amide bonds. The summed E-state index contributed by atoms with van der Waals surface area (Å²) in [6.07, 6.45) is 1.35. The van der Waals surface area contributed by atoms with E-state index in [2.05, 4.69) is 9.71 Å². The molecule has 3 N–H and O–H groups in total. The molecule has 0 radical (unpaired) electrons. The van der Waals surface area contributed by atoms with Crippen molar-refractivity contribution in [2.24, 2.45) is 0 Å². The molecule has 0 aromatic carbocycles. The van der Waals surface area contributed by atoms with Crippen LogP contribution in [0.5, 0.6) is 0 Å². The number of hydrogen-bond donors (Lipinski definition) is 2. The molecule has 90 valence electrons. The van der Waals surface area contributed by atoms with Gasteiger partial charge in [-0.2, -0.15) is 0 Å². The summed E-state index contributed by atoms with van der Waals surface area (Å²) in [5, 5.41) is 0. The van der Waals surface area contributed by atoms with E-state index in [1.165, 1.54) is 30.5 Å². The van der Waals surface area contributed by atoms with Crippen LogP contribution in [0.4, 0.5) is 11.5 Å². The van der Waals surface area contributed by atoms with Gasteiger partial charge in [0.05, 0.1) is 16.2 Å². The summed E-state index contributed by atoms with van der Waals surface area (Å²) < 4.78 is 26.7. The van der Waals surface area contributed by atoms with E-state index in [1.807, 2.05) is 0 Å². The highest BCUT2D eigenvalue weighted by Gasteiger charge is 2.16. The maximum atomic E-state index is 11.9. The van der Waals surface area contributed by atoms with E-state index < -0.39 is 10.0 Å². The van der Waals surface area contributed by atoms with Crippen molar-refractivity contribution in [2.75, 3.05) is 10.5 Å². The van der Waals surface area contributed by atoms with E-state index in [1.54, 1.807) is 0 Å². The largest absolute Gasteiger partial charge is 0.384 e. The Bertz CT molecular complexity index is 622. The molecule has 0 unspecified atom stereocenters. The molecule has 2 aromatic rings. The Morgan fingerprint density at radius 3 is 2.59 bits per heavy atom. The van der Waals surface area contributed by atoms with E-state index in [4.69, 9.17) is 17.3 Å². The number of nitrogens with zero attached hydrogens (tertiary/aromatic N) is 1. The molecule has 0 bridgehead atoms. The van der Waals surface area contributed by atoms with Crippen molar-refractivity contribution in [1.29, 1.82) is 0 Å². The van der Waals surface area contributed by atoms with Gasteiger partial charge in [-0.25, -0.2) is 13.4 Å². The van der Waals surface area contributed by atoms with Crippen LogP contribution in [0.2, 0.25) is 4.34 Å². The van der Waals surface area contributed by atoms with Crippen LogP contribution in [-0.4, -0.2) is 13.4 Å². The molecule has 0 aliphatic carbocycles. The van der Waals surface area contributed by atoms with Crippen LogP contribution in [0, 0.1) is 0 Å². The summed E-state index contributed by atoms with van der Waals surface area (Å²) in [5.74, 6) is 0.326. The van der Waals surface area contributed by atoms with Crippen molar-refractivity contribution in [2.45, 2.75) is 4.21 Å². The highest BCUT2D eigenvalue weighted by atomic mass is 35.5. The molecule has 17 heavy (non-hydrogen) atoms. The second-order valence-electron chi connectivity index (χ2n) is 3.14. The number of anilines is 2. The predicted molar refractivity (Wildman–Crippen MR) is 68.8 cm³/mol. The molecule has 0 aliphatic heterocycles. The molecule has 8 heteroatoms. The van der Waals surface area contributed by atoms with Gasteiger partial charge in [-0.05, 0) is 24.3 Å². The number of rotatable bonds is 3. The second-order valence-corrected chi connectivity index (χ2v) is 6.76. The van der Waals surface area contributed by atoms with Crippen molar-refractivity contribution in [3.8, 4) is 0 Å². The van der Waals surface area contributed by atoms with Crippen LogP contribution in [0.25, 0.3) is 0 Å². The third kappa shape index (κ3) is 2.87. The Hall–Kier alpha value is -1.31. The molecular formula is C9H8ClN3O2S2. The van der Waals surface area contributed by atoms with Crippen LogP contribution < -0.4 is 10.5 Å². The molecule has 0 spiro atoms. The normalized spacial score (nSPS) is 11.4. The van der Waals surface area contributed by atoms with E-state index in [0.29, 0.717) is 15.8 Å². The molecule has 0 fully saturated rings. The molecule has 0 saturated carbocycles. The van der Waals surface area contributed by atoms with Crippen molar-refractivity contribution in [1.82, 2.24) is 4.98 Å². The third-order valence-electron chi connectivity index (χ3n) is 1.85. The van der Waals surface area contributed by atoms with Crippen molar-refractivity contribution >= 4 is 44.5 Å². The zero-order valence-electron chi connectivity index (χ0n) is 8.42. The minimum Gasteiger partial charge on any atom is -0.384 e. The summed E-state index contributed by atoms with van der Waals surface area (Å²) in [7, 11) is -3.60. The lowest BCUT2D eigenvalue weighted by molar-refractivity contribution is 0.603. The maximum Gasteiger partial charge on any atom is 0.271 e. The molecule has 2 heterocycles. The average Bonchev–Trinajstić information content (AvgIpc) is 2.69. The number of halogens is 1. The Morgan fingerprint density at radius 2 is 2.06 bits per heavy atom. The number of hydrogen-bond acceptors (Lipinski definition) is 5. The first-order valence-electron chi connectivity index (χ1n) is 4.47. The van der Waals surface area contributed by atoms with Crippen LogP contribution in [0.1, 0.15) is 0 Å². The van der Waals surface area contributed by atoms with Crippen molar-refractivity contribution in [3.63, 3.8) is 0 Å². The fourth-order valence-corrected chi connectivity index (χ4v) is 3.64. The molecule has 5 nitrogen and oxygen atoms in total. The van der Waals surface area contributed by atoms with E-state index in [9.17, 15) is 8.42 Å². The summed E-state index contributed by atoms with van der Waals surface area (Å²) in [4.78, 5) is 3.79.